The van der Waals surface area contributed by atoms with Crippen LogP contribution in [0.15, 0.2) is 36.5 Å². The van der Waals surface area contributed by atoms with Crippen LogP contribution >= 0.6 is 0 Å². The quantitative estimate of drug-likeness (QED) is 0.795. The minimum absolute atomic E-state index is 0.0523. The Bertz CT molecular complexity index is 1040. The van der Waals surface area contributed by atoms with Crippen LogP contribution in [0.5, 0.6) is 0 Å². The van der Waals surface area contributed by atoms with Gasteiger partial charge in [-0.1, -0.05) is 6.07 Å². The van der Waals surface area contributed by atoms with Gasteiger partial charge in [0, 0.05) is 17.4 Å². The molecule has 1 heterocycles. The number of pyridine rings is 1. The number of aryl methyl sites for hydroxylation is 2. The molecule has 2 aromatic rings. The number of rotatable bonds is 6. The Morgan fingerprint density at radius 3 is 2.59 bits per heavy atom. The summed E-state index contributed by atoms with van der Waals surface area (Å²) in [6, 6.07) is 10.5. The number of hydrogen-bond acceptors (Lipinski definition) is 5. The summed E-state index contributed by atoms with van der Waals surface area (Å²) in [6.07, 6.45) is 2.52. The standard InChI is InChI=1S/C19H20N4O3S/c1-13-3-4-16(9-14(13)2)22-18(24)15-5-8-21-17(10-15)23-27(25,26)12-19(11-20)6-7-19/h3-5,8-10H,6-7,12H2,1-2H3,(H,21,23)(H,22,24). The Morgan fingerprint density at radius 2 is 1.96 bits per heavy atom. The lowest BCUT2D eigenvalue weighted by Crippen LogP contribution is -2.23. The second-order valence-corrected chi connectivity index (χ2v) is 8.66. The van der Waals surface area contributed by atoms with E-state index >= 15 is 0 Å². The van der Waals surface area contributed by atoms with Crippen molar-refractivity contribution in [2.24, 2.45) is 5.41 Å². The van der Waals surface area contributed by atoms with Gasteiger partial charge >= 0.3 is 0 Å². The van der Waals surface area contributed by atoms with E-state index in [2.05, 4.69) is 21.1 Å². The van der Waals surface area contributed by atoms with Crippen LogP contribution in [0, 0.1) is 30.6 Å². The van der Waals surface area contributed by atoms with E-state index in [4.69, 9.17) is 5.26 Å². The van der Waals surface area contributed by atoms with E-state index in [0.717, 1.165) is 11.1 Å². The summed E-state index contributed by atoms with van der Waals surface area (Å²) in [7, 11) is -3.72. The van der Waals surface area contributed by atoms with Gasteiger partial charge in [-0.05, 0) is 62.1 Å². The first-order valence-corrected chi connectivity index (χ1v) is 10.1. The summed E-state index contributed by atoms with van der Waals surface area (Å²) in [5, 5.41) is 11.9. The Kier molecular flexibility index (Phi) is 4.89. The molecule has 1 amide bonds. The lowest BCUT2D eigenvalue weighted by Gasteiger charge is -2.11. The average Bonchev–Trinajstić information content (AvgIpc) is 3.37. The van der Waals surface area contributed by atoms with Gasteiger partial charge in [0.25, 0.3) is 5.91 Å². The molecule has 0 saturated heterocycles. The maximum Gasteiger partial charge on any atom is 0.255 e. The molecule has 0 bridgehead atoms. The van der Waals surface area contributed by atoms with Crippen LogP contribution in [-0.4, -0.2) is 25.1 Å². The van der Waals surface area contributed by atoms with E-state index < -0.39 is 15.4 Å². The van der Waals surface area contributed by atoms with Crippen LogP contribution < -0.4 is 10.0 Å². The highest BCUT2D eigenvalue weighted by Gasteiger charge is 2.47. The number of nitriles is 1. The number of hydrogen-bond donors (Lipinski definition) is 2. The third-order valence-corrected chi connectivity index (χ3v) is 6.06. The van der Waals surface area contributed by atoms with Gasteiger partial charge in [-0.25, -0.2) is 13.4 Å². The van der Waals surface area contributed by atoms with Gasteiger partial charge in [0.15, 0.2) is 0 Å². The molecule has 0 radical (unpaired) electrons. The lowest BCUT2D eigenvalue weighted by molar-refractivity contribution is 0.102. The molecule has 2 N–H and O–H groups in total. The van der Waals surface area contributed by atoms with Crippen molar-refractivity contribution in [3.63, 3.8) is 0 Å². The number of aromatic nitrogens is 1. The lowest BCUT2D eigenvalue weighted by atomic mass is 10.1. The monoisotopic (exact) mass is 384 g/mol. The fraction of sp³-hybridized carbons (Fsp3) is 0.316. The van der Waals surface area contributed by atoms with Crippen molar-refractivity contribution in [3.8, 4) is 6.07 Å². The van der Waals surface area contributed by atoms with E-state index in [1.54, 1.807) is 0 Å². The molecular weight excluding hydrogens is 364 g/mol. The molecule has 7 nitrogen and oxygen atoms in total. The Labute approximate surface area is 158 Å². The number of carbonyl (C=O) groups is 1. The highest BCUT2D eigenvalue weighted by molar-refractivity contribution is 7.92. The molecule has 0 unspecified atom stereocenters. The van der Waals surface area contributed by atoms with Crippen molar-refractivity contribution < 1.29 is 13.2 Å². The zero-order chi connectivity index (χ0) is 19.7. The van der Waals surface area contributed by atoms with Gasteiger partial charge in [0.05, 0.1) is 17.2 Å². The highest BCUT2D eigenvalue weighted by atomic mass is 32.2. The van der Waals surface area contributed by atoms with Crippen molar-refractivity contribution in [3.05, 3.63) is 53.2 Å². The van der Waals surface area contributed by atoms with Crippen LogP contribution in [0.2, 0.25) is 0 Å². The van der Waals surface area contributed by atoms with Crippen LogP contribution in [0.3, 0.4) is 0 Å². The summed E-state index contributed by atoms with van der Waals surface area (Å²) in [5.74, 6) is -0.578. The molecule has 1 saturated carbocycles. The molecule has 1 aromatic heterocycles. The topological polar surface area (TPSA) is 112 Å². The fourth-order valence-electron chi connectivity index (χ4n) is 2.65. The van der Waals surface area contributed by atoms with Crippen LogP contribution in [0.1, 0.15) is 34.3 Å². The molecule has 0 spiro atoms. The van der Waals surface area contributed by atoms with Crippen LogP contribution in [0.4, 0.5) is 11.5 Å². The molecule has 0 atom stereocenters. The molecule has 1 aliphatic rings. The van der Waals surface area contributed by atoms with Crippen LogP contribution in [0.25, 0.3) is 0 Å². The average molecular weight is 384 g/mol. The van der Waals surface area contributed by atoms with E-state index in [1.165, 1.54) is 18.3 Å². The molecule has 1 aromatic carbocycles. The summed E-state index contributed by atoms with van der Waals surface area (Å²) >= 11 is 0. The minimum atomic E-state index is -3.72. The molecule has 27 heavy (non-hydrogen) atoms. The van der Waals surface area contributed by atoms with Gasteiger partial charge in [0.1, 0.15) is 5.82 Å². The SMILES string of the molecule is Cc1ccc(NC(=O)c2ccnc(NS(=O)(=O)CC3(C#N)CC3)c2)cc1C. The highest BCUT2D eigenvalue weighted by Crippen LogP contribution is 2.46. The summed E-state index contributed by atoms with van der Waals surface area (Å²) in [6.45, 7) is 3.94. The fourth-order valence-corrected chi connectivity index (χ4v) is 4.23. The van der Waals surface area contributed by atoms with Gasteiger partial charge < -0.3 is 5.32 Å². The number of benzene rings is 1. The zero-order valence-corrected chi connectivity index (χ0v) is 15.9. The number of amides is 1. The second kappa shape index (κ2) is 7.00. The van der Waals surface area contributed by atoms with Crippen molar-refractivity contribution >= 4 is 27.4 Å². The Hall–Kier alpha value is -2.92. The third kappa shape index (κ3) is 4.63. The summed E-state index contributed by atoms with van der Waals surface area (Å²) in [4.78, 5) is 16.4. The molecule has 8 heteroatoms. The minimum Gasteiger partial charge on any atom is -0.322 e. The Balaban J connectivity index is 1.72. The molecule has 0 aliphatic heterocycles. The first-order valence-electron chi connectivity index (χ1n) is 8.48. The maximum absolute atomic E-state index is 12.5. The van der Waals surface area contributed by atoms with Crippen LogP contribution in [-0.2, 0) is 10.0 Å². The van der Waals surface area contributed by atoms with Crippen molar-refractivity contribution in [2.75, 3.05) is 15.8 Å². The van der Waals surface area contributed by atoms with Crippen molar-refractivity contribution in [2.45, 2.75) is 26.7 Å². The van der Waals surface area contributed by atoms with E-state index in [0.29, 0.717) is 18.5 Å². The first-order chi connectivity index (χ1) is 12.7. The number of sulfonamides is 1. The van der Waals surface area contributed by atoms with Crippen molar-refractivity contribution in [1.82, 2.24) is 4.98 Å². The maximum atomic E-state index is 12.5. The van der Waals surface area contributed by atoms with Crippen molar-refractivity contribution in [1.29, 1.82) is 5.26 Å². The summed E-state index contributed by atoms with van der Waals surface area (Å²) < 4.78 is 26.9. The number of nitrogens with zero attached hydrogens (tertiary/aromatic N) is 2. The molecule has 1 aliphatic carbocycles. The first kappa shape index (κ1) is 18.9. The molecule has 140 valence electrons. The largest absolute Gasteiger partial charge is 0.322 e. The van der Waals surface area contributed by atoms with E-state index in [1.807, 2.05) is 32.0 Å². The third-order valence-electron chi connectivity index (χ3n) is 4.60. The molecule has 3 rings (SSSR count). The van der Waals surface area contributed by atoms with E-state index in [9.17, 15) is 13.2 Å². The molecular formula is C19H20N4O3S. The number of anilines is 2. The van der Waals surface area contributed by atoms with E-state index in [-0.39, 0.29) is 23.0 Å². The molecule has 1 fully saturated rings. The number of nitrogens with one attached hydrogen (secondary N) is 2. The second-order valence-electron chi connectivity index (χ2n) is 6.94. The van der Waals surface area contributed by atoms with Gasteiger partial charge in [-0.2, -0.15) is 5.26 Å². The van der Waals surface area contributed by atoms with Gasteiger partial charge in [0.2, 0.25) is 10.0 Å². The summed E-state index contributed by atoms with van der Waals surface area (Å²) in [5.41, 5.74) is 2.33. The number of carbonyl (C=O) groups excluding carboxylic acids is 1. The van der Waals surface area contributed by atoms with Gasteiger partial charge in [-0.3, -0.25) is 9.52 Å². The normalized spacial score (nSPS) is 14.9. The smallest absolute Gasteiger partial charge is 0.255 e. The predicted molar refractivity (Wildman–Crippen MR) is 103 cm³/mol. The van der Waals surface area contributed by atoms with Gasteiger partial charge in [-0.15, -0.1) is 0 Å². The zero-order valence-electron chi connectivity index (χ0n) is 15.1. The predicted octanol–water partition coefficient (Wildman–Crippen LogP) is 3.00. The Morgan fingerprint density at radius 1 is 1.22 bits per heavy atom.